The molecule has 5 rings (SSSR count). The number of carbonyl (C=O) groups is 1. The number of ether oxygens (including phenoxy) is 1. The summed E-state index contributed by atoms with van der Waals surface area (Å²) in [5, 5.41) is 3.37. The highest BCUT2D eigenvalue weighted by atomic mass is 16.5. The summed E-state index contributed by atoms with van der Waals surface area (Å²) < 4.78 is 7.16. The number of hydrogen-bond donors (Lipinski definition) is 1. The number of nitrogens with one attached hydrogen (secondary N) is 1. The number of aryl methyl sites for hydroxylation is 2. The van der Waals surface area contributed by atoms with E-state index in [0.29, 0.717) is 54.4 Å². The van der Waals surface area contributed by atoms with Crippen LogP contribution in [0, 0.1) is 13.8 Å². The molecule has 0 unspecified atom stereocenters. The Labute approximate surface area is 197 Å². The van der Waals surface area contributed by atoms with Gasteiger partial charge in [0.15, 0.2) is 0 Å². The number of hydrogen-bond acceptors (Lipinski definition) is 5. The van der Waals surface area contributed by atoms with Crippen molar-refractivity contribution in [2.75, 3.05) is 36.5 Å². The van der Waals surface area contributed by atoms with Crippen molar-refractivity contribution in [3.8, 4) is 5.69 Å². The monoisotopic (exact) mass is 454 g/mol. The molecule has 0 bridgehead atoms. The molecule has 172 valence electrons. The fourth-order valence-electron chi connectivity index (χ4n) is 4.06. The van der Waals surface area contributed by atoms with E-state index in [-0.39, 0.29) is 11.5 Å². The van der Waals surface area contributed by atoms with Crippen LogP contribution in [-0.4, -0.2) is 41.8 Å². The average molecular weight is 455 g/mol. The third-order valence-electron chi connectivity index (χ3n) is 6.01. The molecule has 0 radical (unpaired) electrons. The van der Waals surface area contributed by atoms with Gasteiger partial charge < -0.3 is 15.0 Å². The summed E-state index contributed by atoms with van der Waals surface area (Å²) in [6, 6.07) is 20.5. The molecule has 1 aliphatic heterocycles. The van der Waals surface area contributed by atoms with E-state index in [1.807, 2.05) is 62.4 Å². The van der Waals surface area contributed by atoms with Crippen molar-refractivity contribution in [3.05, 3.63) is 93.8 Å². The van der Waals surface area contributed by atoms with Gasteiger partial charge in [-0.05, 0) is 56.3 Å². The van der Waals surface area contributed by atoms with E-state index in [1.54, 1.807) is 22.8 Å². The number of benzene rings is 3. The Morgan fingerprint density at radius 1 is 0.912 bits per heavy atom. The van der Waals surface area contributed by atoms with Gasteiger partial charge in [-0.25, -0.2) is 9.55 Å². The summed E-state index contributed by atoms with van der Waals surface area (Å²) >= 11 is 0. The topological polar surface area (TPSA) is 76.5 Å². The minimum atomic E-state index is -0.247. The second-order valence-electron chi connectivity index (χ2n) is 8.54. The number of aromatic nitrogens is 2. The van der Waals surface area contributed by atoms with E-state index in [1.165, 1.54) is 0 Å². The third-order valence-corrected chi connectivity index (χ3v) is 6.01. The first-order valence-corrected chi connectivity index (χ1v) is 11.3. The van der Waals surface area contributed by atoms with Gasteiger partial charge in [0, 0.05) is 24.3 Å². The van der Waals surface area contributed by atoms with Gasteiger partial charge in [-0.15, -0.1) is 0 Å². The van der Waals surface area contributed by atoms with E-state index in [4.69, 9.17) is 9.72 Å². The molecule has 0 atom stereocenters. The molecule has 0 saturated carbocycles. The van der Waals surface area contributed by atoms with Gasteiger partial charge in [-0.1, -0.05) is 35.4 Å². The van der Waals surface area contributed by atoms with Crippen LogP contribution in [-0.2, 0) is 4.74 Å². The minimum Gasteiger partial charge on any atom is -0.378 e. The summed E-state index contributed by atoms with van der Waals surface area (Å²) in [6.07, 6.45) is 0. The molecule has 1 aliphatic rings. The van der Waals surface area contributed by atoms with Crippen LogP contribution in [0.5, 0.6) is 0 Å². The van der Waals surface area contributed by atoms with Crippen LogP contribution in [0.1, 0.15) is 21.5 Å². The molecule has 1 N–H and O–H groups in total. The predicted octanol–water partition coefficient (Wildman–Crippen LogP) is 4.09. The maximum atomic E-state index is 13.6. The Kier molecular flexibility index (Phi) is 5.86. The summed E-state index contributed by atoms with van der Waals surface area (Å²) in [5.41, 5.74) is 4.48. The van der Waals surface area contributed by atoms with E-state index in [0.717, 1.165) is 16.8 Å². The molecule has 3 aromatic carbocycles. The summed E-state index contributed by atoms with van der Waals surface area (Å²) in [7, 11) is 0. The molecule has 7 heteroatoms. The lowest BCUT2D eigenvalue weighted by atomic mass is 10.1. The Morgan fingerprint density at radius 3 is 2.24 bits per heavy atom. The molecule has 0 spiro atoms. The van der Waals surface area contributed by atoms with E-state index >= 15 is 0 Å². The Bertz CT molecular complexity index is 1400. The number of fused-ring (bicyclic) bond motifs is 1. The normalized spacial score (nSPS) is 13.8. The zero-order valence-corrected chi connectivity index (χ0v) is 19.2. The first-order valence-electron chi connectivity index (χ1n) is 11.3. The molecular formula is C27H26N4O3. The van der Waals surface area contributed by atoms with Crippen molar-refractivity contribution in [1.29, 1.82) is 0 Å². The predicted molar refractivity (Wildman–Crippen MR) is 134 cm³/mol. The van der Waals surface area contributed by atoms with Crippen LogP contribution < -0.4 is 15.8 Å². The van der Waals surface area contributed by atoms with Crippen molar-refractivity contribution < 1.29 is 9.53 Å². The second-order valence-corrected chi connectivity index (χ2v) is 8.54. The van der Waals surface area contributed by atoms with Gasteiger partial charge in [-0.2, -0.15) is 0 Å². The molecule has 2 heterocycles. The largest absolute Gasteiger partial charge is 0.378 e. The number of morpholine rings is 1. The van der Waals surface area contributed by atoms with Crippen LogP contribution in [0.15, 0.2) is 71.5 Å². The van der Waals surface area contributed by atoms with E-state index in [2.05, 4.69) is 10.2 Å². The number of rotatable bonds is 4. The molecule has 34 heavy (non-hydrogen) atoms. The van der Waals surface area contributed by atoms with Gasteiger partial charge in [0.25, 0.3) is 11.5 Å². The molecular weight excluding hydrogens is 428 g/mol. The first-order chi connectivity index (χ1) is 16.5. The lowest BCUT2D eigenvalue weighted by molar-refractivity contribution is 0.102. The van der Waals surface area contributed by atoms with Crippen LogP contribution >= 0.6 is 0 Å². The van der Waals surface area contributed by atoms with Gasteiger partial charge in [0.05, 0.1) is 29.8 Å². The minimum absolute atomic E-state index is 0.166. The maximum absolute atomic E-state index is 13.6. The molecule has 1 saturated heterocycles. The lowest BCUT2D eigenvalue weighted by Crippen LogP contribution is -2.40. The van der Waals surface area contributed by atoms with E-state index < -0.39 is 0 Å². The summed E-state index contributed by atoms with van der Waals surface area (Å²) in [4.78, 5) is 33.5. The Morgan fingerprint density at radius 2 is 1.56 bits per heavy atom. The molecule has 1 aromatic heterocycles. The number of anilines is 2. The zero-order valence-electron chi connectivity index (χ0n) is 19.2. The van der Waals surface area contributed by atoms with Crippen LogP contribution in [0.4, 0.5) is 11.6 Å². The van der Waals surface area contributed by atoms with Crippen molar-refractivity contribution >= 4 is 28.4 Å². The van der Waals surface area contributed by atoms with Crippen LogP contribution in [0.2, 0.25) is 0 Å². The zero-order chi connectivity index (χ0) is 23.7. The smallest absolute Gasteiger partial charge is 0.267 e. The molecule has 7 nitrogen and oxygen atoms in total. The number of carbonyl (C=O) groups excluding carboxylic acids is 1. The summed E-state index contributed by atoms with van der Waals surface area (Å²) in [5.74, 6) is 0.309. The Hall–Kier alpha value is -3.97. The van der Waals surface area contributed by atoms with Crippen molar-refractivity contribution in [2.24, 2.45) is 0 Å². The fourth-order valence-corrected chi connectivity index (χ4v) is 4.06. The van der Waals surface area contributed by atoms with Crippen molar-refractivity contribution in [2.45, 2.75) is 13.8 Å². The maximum Gasteiger partial charge on any atom is 0.267 e. The van der Waals surface area contributed by atoms with Gasteiger partial charge in [0.2, 0.25) is 5.95 Å². The molecule has 0 aliphatic carbocycles. The molecule has 1 fully saturated rings. The first kappa shape index (κ1) is 21.9. The molecule has 4 aromatic rings. The van der Waals surface area contributed by atoms with E-state index in [9.17, 15) is 9.59 Å². The van der Waals surface area contributed by atoms with Crippen molar-refractivity contribution in [1.82, 2.24) is 9.55 Å². The number of amides is 1. The quantitative estimate of drug-likeness (QED) is 0.503. The van der Waals surface area contributed by atoms with Crippen molar-refractivity contribution in [3.63, 3.8) is 0 Å². The number of nitrogens with zero attached hydrogens (tertiary/aromatic N) is 3. The van der Waals surface area contributed by atoms with Gasteiger partial charge in [-0.3, -0.25) is 9.59 Å². The highest BCUT2D eigenvalue weighted by molar-refractivity contribution is 6.06. The highest BCUT2D eigenvalue weighted by Crippen LogP contribution is 2.22. The average Bonchev–Trinajstić information content (AvgIpc) is 2.86. The lowest BCUT2D eigenvalue weighted by Gasteiger charge is -2.30. The third kappa shape index (κ3) is 4.30. The SMILES string of the molecule is Cc1ccc(NC(=O)c2ccc3c(=O)n(-c4ccc(C)cc4)c(N4CCOCC4)nc3c2)cc1. The fraction of sp³-hybridized carbons (Fsp3) is 0.222. The summed E-state index contributed by atoms with van der Waals surface area (Å²) in [6.45, 7) is 6.42. The standard InChI is InChI=1S/C27H26N4O3/c1-18-3-8-21(9-4-18)28-25(32)20-7-12-23-24(17-20)29-27(30-13-15-34-16-14-30)31(26(23)33)22-10-5-19(2)6-11-22/h3-12,17H,13-16H2,1-2H3,(H,28,32). The molecule has 1 amide bonds. The van der Waals surface area contributed by atoms with Crippen LogP contribution in [0.25, 0.3) is 16.6 Å². The van der Waals surface area contributed by atoms with Crippen LogP contribution in [0.3, 0.4) is 0 Å². The van der Waals surface area contributed by atoms with Gasteiger partial charge >= 0.3 is 0 Å². The Balaban J connectivity index is 1.59. The highest BCUT2D eigenvalue weighted by Gasteiger charge is 2.21. The van der Waals surface area contributed by atoms with Gasteiger partial charge in [0.1, 0.15) is 0 Å². The second kappa shape index (κ2) is 9.11.